The van der Waals surface area contributed by atoms with Crippen molar-refractivity contribution in [2.24, 2.45) is 0 Å². The van der Waals surface area contributed by atoms with E-state index in [-0.39, 0.29) is 12.7 Å². The van der Waals surface area contributed by atoms with Crippen LogP contribution in [0.3, 0.4) is 0 Å². The lowest BCUT2D eigenvalue weighted by Crippen LogP contribution is -2.44. The topological polar surface area (TPSA) is 57.2 Å². The quantitative estimate of drug-likeness (QED) is 0.166. The van der Waals surface area contributed by atoms with Crippen molar-refractivity contribution in [1.29, 1.82) is 0 Å². The van der Waals surface area contributed by atoms with E-state index in [2.05, 4.69) is 31.2 Å². The molecule has 1 atom stereocenters. The Labute approximate surface area is 211 Å². The molecule has 1 amide bonds. The third-order valence-corrected chi connectivity index (χ3v) is 5.65. The first-order chi connectivity index (χ1) is 17.2. The van der Waals surface area contributed by atoms with Crippen molar-refractivity contribution in [2.45, 2.75) is 78.4 Å². The van der Waals surface area contributed by atoms with Crippen LogP contribution in [0, 0.1) is 0 Å². The van der Waals surface area contributed by atoms with Crippen LogP contribution in [0.2, 0.25) is 0 Å². The average Bonchev–Trinajstić information content (AvgIpc) is 2.89. The standard InChI is InChI=1S/C29H43NO5/c1-4-17-27(26-20-13-10-14-21-26)34-23-16-8-7-15-22-30(29(32-5-2)33-6-3)28(31)35-24-25-18-11-9-12-19-25/h9-14,18-21,27,29H,4-8,15-17,22-24H2,1-3H3. The normalized spacial score (nSPS) is 12.0. The number of ether oxygens (including phenoxy) is 4. The highest BCUT2D eigenvalue weighted by Crippen LogP contribution is 2.23. The van der Waals surface area contributed by atoms with Crippen molar-refractivity contribution in [3.8, 4) is 0 Å². The zero-order chi connectivity index (χ0) is 25.1. The number of rotatable bonds is 18. The van der Waals surface area contributed by atoms with E-state index >= 15 is 0 Å². The molecule has 0 aliphatic heterocycles. The summed E-state index contributed by atoms with van der Waals surface area (Å²) in [5, 5.41) is 0. The number of carbonyl (C=O) groups is 1. The van der Waals surface area contributed by atoms with E-state index in [1.165, 1.54) is 5.56 Å². The van der Waals surface area contributed by atoms with Crippen LogP contribution in [-0.4, -0.2) is 43.8 Å². The number of carbonyl (C=O) groups excluding carboxylic acids is 1. The Morgan fingerprint density at radius 3 is 2.06 bits per heavy atom. The number of nitrogens with zero attached hydrogens (tertiary/aromatic N) is 1. The molecule has 0 radical (unpaired) electrons. The Hall–Kier alpha value is -2.41. The largest absolute Gasteiger partial charge is 0.444 e. The molecule has 0 spiro atoms. The highest BCUT2D eigenvalue weighted by atomic mass is 16.7. The van der Waals surface area contributed by atoms with Crippen molar-refractivity contribution >= 4 is 6.09 Å². The third kappa shape index (κ3) is 11.2. The third-order valence-electron chi connectivity index (χ3n) is 5.65. The minimum absolute atomic E-state index is 0.161. The van der Waals surface area contributed by atoms with Crippen molar-refractivity contribution in [1.82, 2.24) is 4.90 Å². The van der Waals surface area contributed by atoms with Gasteiger partial charge < -0.3 is 18.9 Å². The summed E-state index contributed by atoms with van der Waals surface area (Å²) >= 11 is 0. The van der Waals surface area contributed by atoms with Gasteiger partial charge in [0.15, 0.2) is 0 Å². The molecule has 0 heterocycles. The first-order valence-corrected chi connectivity index (χ1v) is 13.1. The van der Waals surface area contributed by atoms with Gasteiger partial charge in [0.25, 0.3) is 0 Å². The second-order valence-corrected chi connectivity index (χ2v) is 8.42. The Morgan fingerprint density at radius 1 is 0.800 bits per heavy atom. The summed E-state index contributed by atoms with van der Waals surface area (Å²) in [5.41, 5.74) is 2.19. The lowest BCUT2D eigenvalue weighted by molar-refractivity contribution is -0.209. The first kappa shape index (κ1) is 28.8. The average molecular weight is 486 g/mol. The number of hydrogen-bond acceptors (Lipinski definition) is 5. The monoisotopic (exact) mass is 485 g/mol. The molecule has 35 heavy (non-hydrogen) atoms. The predicted octanol–water partition coefficient (Wildman–Crippen LogP) is 7.10. The smallest absolute Gasteiger partial charge is 0.414 e. The maximum Gasteiger partial charge on any atom is 0.414 e. The zero-order valence-electron chi connectivity index (χ0n) is 21.7. The van der Waals surface area contributed by atoms with Gasteiger partial charge in [-0.25, -0.2) is 4.79 Å². The number of hydrogen-bond donors (Lipinski definition) is 0. The summed E-state index contributed by atoms with van der Waals surface area (Å²) in [6, 6.07) is 20.1. The van der Waals surface area contributed by atoms with Gasteiger partial charge in [-0.2, -0.15) is 0 Å². The Morgan fingerprint density at radius 2 is 1.43 bits per heavy atom. The molecule has 0 aromatic heterocycles. The summed E-state index contributed by atoms with van der Waals surface area (Å²) < 4.78 is 23.1. The van der Waals surface area contributed by atoms with Gasteiger partial charge in [-0.3, -0.25) is 4.90 Å². The number of benzene rings is 2. The Balaban J connectivity index is 1.77. The van der Waals surface area contributed by atoms with Gasteiger partial charge in [-0.05, 0) is 44.2 Å². The van der Waals surface area contributed by atoms with Gasteiger partial charge in [0, 0.05) is 26.4 Å². The fourth-order valence-electron chi connectivity index (χ4n) is 3.84. The Bertz CT molecular complexity index is 780. The summed E-state index contributed by atoms with van der Waals surface area (Å²) in [5.74, 6) is 0. The fraction of sp³-hybridized carbons (Fsp3) is 0.552. The molecule has 0 aliphatic rings. The lowest BCUT2D eigenvalue weighted by Gasteiger charge is -2.30. The Kier molecular flexibility index (Phi) is 14.8. The minimum Gasteiger partial charge on any atom is -0.444 e. The number of amides is 1. The van der Waals surface area contributed by atoms with Gasteiger partial charge >= 0.3 is 6.09 Å². The lowest BCUT2D eigenvalue weighted by atomic mass is 10.1. The highest BCUT2D eigenvalue weighted by molar-refractivity contribution is 5.67. The molecule has 0 aliphatic carbocycles. The maximum atomic E-state index is 12.9. The van der Waals surface area contributed by atoms with Crippen molar-refractivity contribution in [2.75, 3.05) is 26.4 Å². The molecule has 2 aromatic carbocycles. The minimum atomic E-state index is -0.739. The molecule has 194 valence electrons. The molecule has 2 rings (SSSR count). The molecule has 0 saturated carbocycles. The molecule has 2 aromatic rings. The van der Waals surface area contributed by atoms with Crippen LogP contribution < -0.4 is 0 Å². The van der Waals surface area contributed by atoms with Gasteiger partial charge in [-0.15, -0.1) is 0 Å². The molecule has 0 bridgehead atoms. The summed E-state index contributed by atoms with van der Waals surface area (Å²) in [6.07, 6.45) is 4.98. The molecule has 6 nitrogen and oxygen atoms in total. The second-order valence-electron chi connectivity index (χ2n) is 8.42. The number of unbranched alkanes of at least 4 members (excludes halogenated alkanes) is 3. The van der Waals surface area contributed by atoms with Crippen LogP contribution in [0.5, 0.6) is 0 Å². The van der Waals surface area contributed by atoms with Gasteiger partial charge in [0.1, 0.15) is 6.61 Å². The molecular weight excluding hydrogens is 442 g/mol. The van der Waals surface area contributed by atoms with Crippen LogP contribution in [-0.2, 0) is 25.6 Å². The van der Waals surface area contributed by atoms with Crippen LogP contribution >= 0.6 is 0 Å². The van der Waals surface area contributed by atoms with Gasteiger partial charge in [-0.1, -0.05) is 86.8 Å². The summed E-state index contributed by atoms with van der Waals surface area (Å²) in [7, 11) is 0. The van der Waals surface area contributed by atoms with Crippen LogP contribution in [0.25, 0.3) is 0 Å². The van der Waals surface area contributed by atoms with Gasteiger partial charge in [0.05, 0.1) is 6.10 Å². The van der Waals surface area contributed by atoms with E-state index in [4.69, 9.17) is 18.9 Å². The fourth-order valence-corrected chi connectivity index (χ4v) is 3.84. The second kappa shape index (κ2) is 17.9. The van der Waals surface area contributed by atoms with E-state index < -0.39 is 12.5 Å². The molecule has 0 fully saturated rings. The van der Waals surface area contributed by atoms with Gasteiger partial charge in [0.2, 0.25) is 6.41 Å². The first-order valence-electron chi connectivity index (χ1n) is 13.1. The van der Waals surface area contributed by atoms with E-state index in [1.807, 2.05) is 50.2 Å². The molecule has 1 unspecified atom stereocenters. The summed E-state index contributed by atoms with van der Waals surface area (Å²) in [4.78, 5) is 14.4. The van der Waals surface area contributed by atoms with Crippen molar-refractivity contribution in [3.63, 3.8) is 0 Å². The molecule has 0 N–H and O–H groups in total. The predicted molar refractivity (Wildman–Crippen MR) is 139 cm³/mol. The molecular formula is C29H43NO5. The van der Waals surface area contributed by atoms with Crippen LogP contribution in [0.4, 0.5) is 4.79 Å². The van der Waals surface area contributed by atoms with Crippen molar-refractivity contribution in [3.05, 3.63) is 71.8 Å². The SMILES string of the molecule is CCCC(OCCCCCCN(C(=O)OCc1ccccc1)C(OCC)OCC)c1ccccc1. The van der Waals surface area contributed by atoms with Crippen molar-refractivity contribution < 1.29 is 23.7 Å². The summed E-state index contributed by atoms with van der Waals surface area (Å²) in [6.45, 7) is 8.34. The van der Waals surface area contributed by atoms with E-state index in [1.54, 1.807) is 4.90 Å². The van der Waals surface area contributed by atoms with Crippen LogP contribution in [0.1, 0.15) is 76.5 Å². The zero-order valence-corrected chi connectivity index (χ0v) is 21.7. The maximum absolute atomic E-state index is 12.9. The molecule has 0 saturated heterocycles. The van der Waals surface area contributed by atoms with E-state index in [0.29, 0.717) is 19.8 Å². The highest BCUT2D eigenvalue weighted by Gasteiger charge is 2.25. The van der Waals surface area contributed by atoms with Crippen LogP contribution in [0.15, 0.2) is 60.7 Å². The van der Waals surface area contributed by atoms with E-state index in [9.17, 15) is 4.79 Å². The van der Waals surface area contributed by atoms with E-state index in [0.717, 1.165) is 50.7 Å². The molecule has 6 heteroatoms.